The van der Waals surface area contributed by atoms with Crippen molar-refractivity contribution >= 4 is 52.2 Å². The number of benzene rings is 3. The summed E-state index contributed by atoms with van der Waals surface area (Å²) in [5.74, 6) is -1.44. The summed E-state index contributed by atoms with van der Waals surface area (Å²) in [5, 5.41) is 2.11. The molecular weight excluding hydrogens is 554 g/mol. The van der Waals surface area contributed by atoms with Crippen molar-refractivity contribution in [3.63, 3.8) is 0 Å². The second kappa shape index (κ2) is 10.0. The van der Waals surface area contributed by atoms with Gasteiger partial charge in [-0.25, -0.2) is 14.1 Å². The van der Waals surface area contributed by atoms with E-state index in [1.165, 1.54) is 31.4 Å². The highest BCUT2D eigenvalue weighted by atomic mass is 127. The van der Waals surface area contributed by atoms with Crippen molar-refractivity contribution in [3.05, 3.63) is 92.8 Å². The zero-order chi connectivity index (χ0) is 24.2. The van der Waals surface area contributed by atoms with Crippen molar-refractivity contribution in [2.75, 3.05) is 12.0 Å². The maximum atomic E-state index is 13.6. The van der Waals surface area contributed by atoms with Gasteiger partial charge in [-0.15, -0.1) is 0 Å². The number of urea groups is 1. The summed E-state index contributed by atoms with van der Waals surface area (Å²) in [6, 6.07) is 16.9. The molecule has 0 radical (unpaired) electrons. The minimum absolute atomic E-state index is 0.0119. The zero-order valence-corrected chi connectivity index (χ0v) is 20.0. The van der Waals surface area contributed by atoms with Gasteiger partial charge in [0.05, 0.1) is 12.8 Å². The normalized spacial score (nSPS) is 14.9. The molecule has 3 aromatic carbocycles. The molecule has 7 nitrogen and oxygen atoms in total. The Morgan fingerprint density at radius 2 is 1.76 bits per heavy atom. The van der Waals surface area contributed by atoms with Crippen molar-refractivity contribution in [1.29, 1.82) is 0 Å². The van der Waals surface area contributed by atoms with E-state index >= 15 is 0 Å². The van der Waals surface area contributed by atoms with Crippen LogP contribution in [0.15, 0.2) is 72.3 Å². The first-order chi connectivity index (χ1) is 16.4. The SMILES string of the molecule is COc1cc(C=C2C(=O)NC(=O)N(c3cccc(F)c3)C2=O)ccc1OCc1ccc(I)cc1. The van der Waals surface area contributed by atoms with Gasteiger partial charge in [-0.05, 0) is 82.3 Å². The molecule has 0 spiro atoms. The second-order valence-electron chi connectivity index (χ2n) is 7.26. The number of carbonyl (C=O) groups excluding carboxylic acids is 3. The second-order valence-corrected chi connectivity index (χ2v) is 8.51. The van der Waals surface area contributed by atoms with Crippen LogP contribution in [0.5, 0.6) is 11.5 Å². The minimum atomic E-state index is -0.949. The molecule has 4 rings (SSSR count). The van der Waals surface area contributed by atoms with Crippen molar-refractivity contribution in [1.82, 2.24) is 5.32 Å². The monoisotopic (exact) mass is 572 g/mol. The zero-order valence-electron chi connectivity index (χ0n) is 17.9. The fourth-order valence-electron chi connectivity index (χ4n) is 3.31. The first-order valence-corrected chi connectivity index (χ1v) is 11.2. The largest absolute Gasteiger partial charge is 0.493 e. The van der Waals surface area contributed by atoms with Gasteiger partial charge >= 0.3 is 6.03 Å². The predicted octanol–water partition coefficient (Wildman–Crippen LogP) is 4.68. The maximum absolute atomic E-state index is 13.6. The third-order valence-corrected chi connectivity index (χ3v) is 5.69. The fraction of sp³-hybridized carbons (Fsp3) is 0.0800. The molecule has 9 heteroatoms. The molecule has 0 unspecified atom stereocenters. The van der Waals surface area contributed by atoms with Crippen LogP contribution >= 0.6 is 22.6 Å². The average molecular weight is 572 g/mol. The first kappa shape index (κ1) is 23.4. The number of anilines is 1. The molecule has 0 atom stereocenters. The number of carbonyl (C=O) groups is 3. The molecule has 34 heavy (non-hydrogen) atoms. The standard InChI is InChI=1S/C25H18FIN2O5/c1-33-22-12-16(7-10-21(22)34-14-15-5-8-18(27)9-6-15)11-20-23(30)28-25(32)29(24(20)31)19-4-2-3-17(26)13-19/h2-13H,14H2,1H3,(H,28,30,32). The summed E-state index contributed by atoms with van der Waals surface area (Å²) in [7, 11) is 1.48. The third kappa shape index (κ3) is 5.09. The smallest absolute Gasteiger partial charge is 0.335 e. The summed E-state index contributed by atoms with van der Waals surface area (Å²) < 4.78 is 26.0. The number of halogens is 2. The van der Waals surface area contributed by atoms with E-state index in [0.717, 1.165) is 15.2 Å². The molecule has 0 bridgehead atoms. The molecule has 1 N–H and O–H groups in total. The van der Waals surface area contributed by atoms with Crippen molar-refractivity contribution in [2.24, 2.45) is 0 Å². The number of methoxy groups -OCH3 is 1. The Morgan fingerprint density at radius 3 is 2.47 bits per heavy atom. The first-order valence-electron chi connectivity index (χ1n) is 10.1. The highest BCUT2D eigenvalue weighted by molar-refractivity contribution is 14.1. The highest BCUT2D eigenvalue weighted by Crippen LogP contribution is 2.30. The maximum Gasteiger partial charge on any atom is 0.335 e. The summed E-state index contributed by atoms with van der Waals surface area (Å²) in [5.41, 5.74) is 1.20. The minimum Gasteiger partial charge on any atom is -0.493 e. The summed E-state index contributed by atoms with van der Waals surface area (Å²) in [6.07, 6.45) is 1.34. The van der Waals surface area contributed by atoms with Crippen LogP contribution in [0.3, 0.4) is 0 Å². The molecule has 0 aliphatic carbocycles. The Labute approximate surface area is 208 Å². The van der Waals surface area contributed by atoms with Crippen LogP contribution in [0.1, 0.15) is 11.1 Å². The molecule has 1 saturated heterocycles. The van der Waals surface area contributed by atoms with E-state index in [0.29, 0.717) is 28.6 Å². The summed E-state index contributed by atoms with van der Waals surface area (Å²) in [4.78, 5) is 38.3. The number of barbiturate groups is 1. The van der Waals surface area contributed by atoms with E-state index in [1.54, 1.807) is 18.2 Å². The van der Waals surface area contributed by atoms with Crippen molar-refractivity contribution < 1.29 is 28.2 Å². The molecule has 4 amide bonds. The van der Waals surface area contributed by atoms with Gasteiger partial charge in [-0.3, -0.25) is 14.9 Å². The van der Waals surface area contributed by atoms with Crippen molar-refractivity contribution in [3.8, 4) is 11.5 Å². The quantitative estimate of drug-likeness (QED) is 0.264. The van der Waals surface area contributed by atoms with Gasteiger partial charge in [0.15, 0.2) is 11.5 Å². The van der Waals surface area contributed by atoms with Gasteiger partial charge in [0.1, 0.15) is 18.0 Å². The summed E-state index contributed by atoms with van der Waals surface area (Å²) in [6.45, 7) is 0.333. The fourth-order valence-corrected chi connectivity index (χ4v) is 3.67. The molecule has 1 aliphatic heterocycles. The summed E-state index contributed by atoms with van der Waals surface area (Å²) >= 11 is 2.23. The molecule has 0 aromatic heterocycles. The van der Waals surface area contributed by atoms with E-state index in [-0.39, 0.29) is 11.3 Å². The Kier molecular flexibility index (Phi) is 6.92. The Bertz CT molecular complexity index is 1310. The molecule has 3 aromatic rings. The number of nitrogens with one attached hydrogen (secondary N) is 1. The van der Waals surface area contributed by atoms with Crippen LogP contribution in [0.25, 0.3) is 6.08 Å². The highest BCUT2D eigenvalue weighted by Gasteiger charge is 2.37. The van der Waals surface area contributed by atoms with E-state index in [2.05, 4.69) is 27.9 Å². The van der Waals surface area contributed by atoms with Gasteiger partial charge < -0.3 is 9.47 Å². The molecule has 172 valence electrons. The number of hydrogen-bond acceptors (Lipinski definition) is 5. The van der Waals surface area contributed by atoms with E-state index in [9.17, 15) is 18.8 Å². The molecule has 1 heterocycles. The lowest BCUT2D eigenvalue weighted by molar-refractivity contribution is -0.122. The lowest BCUT2D eigenvalue weighted by atomic mass is 10.1. The molecule has 0 saturated carbocycles. The van der Waals surface area contributed by atoms with Crippen LogP contribution in [-0.2, 0) is 16.2 Å². The third-order valence-electron chi connectivity index (χ3n) is 4.97. The topological polar surface area (TPSA) is 84.9 Å². The van der Waals surface area contributed by atoms with Crippen LogP contribution in [-0.4, -0.2) is 25.0 Å². The van der Waals surface area contributed by atoms with Crippen molar-refractivity contribution in [2.45, 2.75) is 6.61 Å². The number of imide groups is 2. The van der Waals surface area contributed by atoms with E-state index in [1.807, 2.05) is 24.3 Å². The van der Waals surface area contributed by atoms with Gasteiger partial charge in [0.25, 0.3) is 11.8 Å². The predicted molar refractivity (Wildman–Crippen MR) is 132 cm³/mol. The molecular formula is C25H18FIN2O5. The lowest BCUT2D eigenvalue weighted by Crippen LogP contribution is -2.54. The van der Waals surface area contributed by atoms with Gasteiger partial charge in [0, 0.05) is 3.57 Å². The lowest BCUT2D eigenvalue weighted by Gasteiger charge is -2.26. The Hall–Kier alpha value is -3.73. The number of hydrogen-bond donors (Lipinski definition) is 1. The number of nitrogens with zero attached hydrogens (tertiary/aromatic N) is 1. The number of ether oxygens (including phenoxy) is 2. The van der Waals surface area contributed by atoms with E-state index < -0.39 is 23.7 Å². The molecule has 1 fully saturated rings. The van der Waals surface area contributed by atoms with Crippen LogP contribution in [0.4, 0.5) is 14.9 Å². The van der Waals surface area contributed by atoms with E-state index in [4.69, 9.17) is 9.47 Å². The molecule has 1 aliphatic rings. The average Bonchev–Trinajstić information content (AvgIpc) is 2.81. The van der Waals surface area contributed by atoms with Gasteiger partial charge in [-0.2, -0.15) is 0 Å². The van der Waals surface area contributed by atoms with Gasteiger partial charge in [0.2, 0.25) is 0 Å². The number of amides is 4. The van der Waals surface area contributed by atoms with Crippen LogP contribution < -0.4 is 19.7 Å². The number of rotatable bonds is 6. The Balaban J connectivity index is 1.59. The van der Waals surface area contributed by atoms with Crippen LogP contribution in [0.2, 0.25) is 0 Å². The van der Waals surface area contributed by atoms with Gasteiger partial charge in [-0.1, -0.05) is 24.3 Å². The van der Waals surface area contributed by atoms with Crippen LogP contribution in [0, 0.1) is 9.39 Å². The Morgan fingerprint density at radius 1 is 1.00 bits per heavy atom.